The van der Waals surface area contributed by atoms with E-state index in [0.29, 0.717) is 19.3 Å². The van der Waals surface area contributed by atoms with Crippen LogP contribution in [0.5, 0.6) is 0 Å². The lowest BCUT2D eigenvalue weighted by molar-refractivity contribution is -0.167. The summed E-state index contributed by atoms with van der Waals surface area (Å²) in [6, 6.07) is 0. The van der Waals surface area contributed by atoms with Crippen LogP contribution in [0, 0.1) is 0 Å². The van der Waals surface area contributed by atoms with Crippen molar-refractivity contribution in [1.29, 1.82) is 0 Å². The number of unbranched alkanes of at least 4 members (excludes halogenated alkanes) is 44. The van der Waals surface area contributed by atoms with Crippen molar-refractivity contribution < 1.29 is 28.6 Å². The summed E-state index contributed by atoms with van der Waals surface area (Å²) in [7, 11) is 0. The summed E-state index contributed by atoms with van der Waals surface area (Å²) in [4.78, 5) is 38.3. The molecule has 0 aliphatic heterocycles. The molecule has 6 nitrogen and oxygen atoms in total. The number of allylic oxidation sites excluding steroid dienone is 12. The van der Waals surface area contributed by atoms with Crippen molar-refractivity contribution in [2.24, 2.45) is 0 Å². The van der Waals surface area contributed by atoms with Gasteiger partial charge >= 0.3 is 17.9 Å². The number of carbonyl (C=O) groups excluding carboxylic acids is 3. The van der Waals surface area contributed by atoms with Crippen LogP contribution in [0.3, 0.4) is 0 Å². The monoisotopic (exact) mass is 1160 g/mol. The molecule has 6 heteroatoms. The SMILES string of the molecule is CC/C=C\C/C=C\C/C=C\C/C=C\CCCCCCCCCCCCCCCCCCCCCCCCC(=O)OCC(COC(=O)CCCCCCCCCCC)OC(=O)CCCCCCCCCCC/C=C\C/C=C\CCCCCCC. The van der Waals surface area contributed by atoms with Crippen LogP contribution in [0.4, 0.5) is 0 Å². The predicted molar refractivity (Wildman–Crippen MR) is 362 cm³/mol. The molecule has 0 fully saturated rings. The van der Waals surface area contributed by atoms with E-state index in [-0.39, 0.29) is 31.1 Å². The summed E-state index contributed by atoms with van der Waals surface area (Å²) in [6.45, 7) is 6.55. The standard InChI is InChI=1S/C77H138O6/c1-4-7-10-13-16-19-21-23-25-27-29-31-32-33-34-35-36-37-38-39-40-41-42-43-44-46-47-49-51-53-55-58-61-64-67-70-76(79)82-73-74(72-81-75(78)69-66-63-60-57-18-15-12-9-6-3)83-77(80)71-68-65-62-59-56-54-52-50-48-45-30-28-26-24-22-20-17-14-11-8-5-2/h7,10,16,19,22-25,28-31,74H,4-6,8-9,11-15,17-18,20-21,26-27,32-73H2,1-3H3/b10-7-,19-16-,24-22-,25-23-,30-28-,31-29-. The number of ether oxygens (including phenoxy) is 3. The highest BCUT2D eigenvalue weighted by molar-refractivity contribution is 5.71. The molecule has 83 heavy (non-hydrogen) atoms. The molecule has 0 radical (unpaired) electrons. The van der Waals surface area contributed by atoms with Gasteiger partial charge < -0.3 is 14.2 Å². The normalized spacial score (nSPS) is 12.5. The minimum Gasteiger partial charge on any atom is -0.462 e. The summed E-state index contributed by atoms with van der Waals surface area (Å²) < 4.78 is 16.9. The van der Waals surface area contributed by atoms with Crippen molar-refractivity contribution >= 4 is 17.9 Å². The highest BCUT2D eigenvalue weighted by atomic mass is 16.6. The third-order valence-corrected chi connectivity index (χ3v) is 16.2. The third kappa shape index (κ3) is 69.5. The van der Waals surface area contributed by atoms with Crippen LogP contribution < -0.4 is 0 Å². The molecule has 0 aliphatic carbocycles. The summed E-state index contributed by atoms with van der Waals surface area (Å²) in [5, 5.41) is 0. The molecule has 0 aromatic carbocycles. The first-order chi connectivity index (χ1) is 41.0. The van der Waals surface area contributed by atoms with Crippen LogP contribution in [0.2, 0.25) is 0 Å². The van der Waals surface area contributed by atoms with E-state index in [1.165, 1.54) is 250 Å². The topological polar surface area (TPSA) is 78.9 Å². The largest absolute Gasteiger partial charge is 0.462 e. The van der Waals surface area contributed by atoms with Gasteiger partial charge in [-0.1, -0.05) is 344 Å². The third-order valence-electron chi connectivity index (χ3n) is 16.2. The zero-order valence-electron chi connectivity index (χ0n) is 55.5. The number of hydrogen-bond acceptors (Lipinski definition) is 6. The summed E-state index contributed by atoms with van der Waals surface area (Å²) >= 11 is 0. The molecule has 0 spiro atoms. The van der Waals surface area contributed by atoms with Crippen molar-refractivity contribution in [3.8, 4) is 0 Å². The van der Waals surface area contributed by atoms with Crippen molar-refractivity contribution in [3.63, 3.8) is 0 Å². The van der Waals surface area contributed by atoms with Gasteiger partial charge in [-0.3, -0.25) is 14.4 Å². The average Bonchev–Trinajstić information content (AvgIpc) is 3.49. The second kappa shape index (κ2) is 71.3. The zero-order valence-corrected chi connectivity index (χ0v) is 55.5. The van der Waals surface area contributed by atoms with Crippen LogP contribution >= 0.6 is 0 Å². The summed E-state index contributed by atoms with van der Waals surface area (Å²) in [5.41, 5.74) is 0. The van der Waals surface area contributed by atoms with Gasteiger partial charge in [0.05, 0.1) is 0 Å². The minimum atomic E-state index is -0.773. The Labute approximate surface area is 516 Å². The Morgan fingerprint density at radius 3 is 0.735 bits per heavy atom. The van der Waals surface area contributed by atoms with Gasteiger partial charge in [-0.05, 0) is 89.9 Å². The molecule has 0 rings (SSSR count). The first-order valence-electron chi connectivity index (χ1n) is 36.4. The Kier molecular flexibility index (Phi) is 68.6. The van der Waals surface area contributed by atoms with Gasteiger partial charge in [0.15, 0.2) is 6.10 Å². The number of rotatable bonds is 67. The van der Waals surface area contributed by atoms with E-state index in [0.717, 1.165) is 89.9 Å². The smallest absolute Gasteiger partial charge is 0.306 e. The molecule has 0 aromatic heterocycles. The summed E-state index contributed by atoms with van der Waals surface area (Å²) in [5.74, 6) is -0.855. The molecule has 0 N–H and O–H groups in total. The maximum Gasteiger partial charge on any atom is 0.306 e. The van der Waals surface area contributed by atoms with E-state index in [1.807, 2.05) is 0 Å². The second-order valence-corrected chi connectivity index (χ2v) is 24.5. The molecule has 0 heterocycles. The highest BCUT2D eigenvalue weighted by Crippen LogP contribution is 2.18. The molecule has 0 aliphatic rings. The molecular weight excluding hydrogens is 1020 g/mol. The van der Waals surface area contributed by atoms with Gasteiger partial charge in [0, 0.05) is 19.3 Å². The van der Waals surface area contributed by atoms with Crippen molar-refractivity contribution in [2.45, 2.75) is 386 Å². The van der Waals surface area contributed by atoms with Gasteiger partial charge in [-0.2, -0.15) is 0 Å². The van der Waals surface area contributed by atoms with Crippen molar-refractivity contribution in [3.05, 3.63) is 72.9 Å². The predicted octanol–water partition coefficient (Wildman–Crippen LogP) is 25.2. The Morgan fingerprint density at radius 2 is 0.470 bits per heavy atom. The molecule has 0 amide bonds. The maximum absolute atomic E-state index is 12.9. The molecule has 0 aromatic rings. The van der Waals surface area contributed by atoms with Crippen LogP contribution in [-0.4, -0.2) is 37.2 Å². The molecule has 1 atom stereocenters. The Hall–Kier alpha value is -3.15. The Bertz CT molecular complexity index is 1520. The van der Waals surface area contributed by atoms with Crippen LogP contribution in [0.1, 0.15) is 380 Å². The van der Waals surface area contributed by atoms with Gasteiger partial charge in [-0.15, -0.1) is 0 Å². The van der Waals surface area contributed by atoms with Crippen LogP contribution in [0.15, 0.2) is 72.9 Å². The zero-order chi connectivity index (χ0) is 59.9. The second-order valence-electron chi connectivity index (χ2n) is 24.5. The van der Waals surface area contributed by atoms with Gasteiger partial charge in [0.2, 0.25) is 0 Å². The van der Waals surface area contributed by atoms with Crippen molar-refractivity contribution in [2.75, 3.05) is 13.2 Å². The lowest BCUT2D eigenvalue weighted by Crippen LogP contribution is -2.30. The lowest BCUT2D eigenvalue weighted by atomic mass is 10.0. The molecule has 0 bridgehead atoms. The van der Waals surface area contributed by atoms with E-state index in [2.05, 4.69) is 93.7 Å². The minimum absolute atomic E-state index is 0.0707. The number of esters is 3. The molecule has 0 saturated heterocycles. The molecule has 1 unspecified atom stereocenters. The first kappa shape index (κ1) is 79.8. The van der Waals surface area contributed by atoms with Crippen LogP contribution in [0.25, 0.3) is 0 Å². The van der Waals surface area contributed by atoms with E-state index in [4.69, 9.17) is 14.2 Å². The number of carbonyl (C=O) groups is 3. The quantitative estimate of drug-likeness (QED) is 0.0261. The molecule has 0 saturated carbocycles. The van der Waals surface area contributed by atoms with Gasteiger partial charge in [0.1, 0.15) is 13.2 Å². The highest BCUT2D eigenvalue weighted by Gasteiger charge is 2.19. The maximum atomic E-state index is 12.9. The fourth-order valence-electron chi connectivity index (χ4n) is 10.8. The first-order valence-corrected chi connectivity index (χ1v) is 36.4. The molecule has 482 valence electrons. The van der Waals surface area contributed by atoms with E-state index >= 15 is 0 Å². The van der Waals surface area contributed by atoms with Crippen molar-refractivity contribution in [1.82, 2.24) is 0 Å². The molecular formula is C77H138O6. The fourth-order valence-corrected chi connectivity index (χ4v) is 10.8. The Balaban J connectivity index is 4.04. The average molecular weight is 1160 g/mol. The Morgan fingerprint density at radius 1 is 0.253 bits per heavy atom. The lowest BCUT2D eigenvalue weighted by Gasteiger charge is -2.18. The van der Waals surface area contributed by atoms with Gasteiger partial charge in [0.25, 0.3) is 0 Å². The van der Waals surface area contributed by atoms with Gasteiger partial charge in [-0.25, -0.2) is 0 Å². The van der Waals surface area contributed by atoms with E-state index < -0.39 is 6.10 Å². The van der Waals surface area contributed by atoms with E-state index in [1.54, 1.807) is 0 Å². The summed E-state index contributed by atoms with van der Waals surface area (Å²) in [6.07, 6.45) is 93.9. The number of hydrogen-bond donors (Lipinski definition) is 0. The van der Waals surface area contributed by atoms with Crippen LogP contribution in [-0.2, 0) is 28.6 Å². The fraction of sp³-hybridized carbons (Fsp3) is 0.805. The van der Waals surface area contributed by atoms with E-state index in [9.17, 15) is 14.4 Å².